The normalized spacial score (nSPS) is 15.1. The minimum atomic E-state index is -3.87. The number of sulfonamides is 1. The standard InChI is InChI=1S/C22H23FN4O3S/c1-16-3-5-17(6-4-16)19-8-10-22(25-24-19)26-11-13-27(14-12-26)31(28,29)21-15-18(23)7-9-20(21)30-2/h3-10,15H,11-14H2,1-2H3. The van der Waals surface area contributed by atoms with E-state index in [1.165, 1.54) is 29.1 Å². The van der Waals surface area contributed by atoms with E-state index in [-0.39, 0.29) is 23.7 Å². The first-order valence-corrected chi connectivity index (χ1v) is 11.3. The zero-order chi connectivity index (χ0) is 22.0. The first-order chi connectivity index (χ1) is 14.9. The average molecular weight is 443 g/mol. The van der Waals surface area contributed by atoms with E-state index in [9.17, 15) is 12.8 Å². The number of hydrogen-bond acceptors (Lipinski definition) is 6. The Kier molecular flexibility index (Phi) is 5.88. The van der Waals surface area contributed by atoms with E-state index >= 15 is 0 Å². The third-order valence-corrected chi connectivity index (χ3v) is 7.22. The number of methoxy groups -OCH3 is 1. The summed E-state index contributed by atoms with van der Waals surface area (Å²) >= 11 is 0. The van der Waals surface area contributed by atoms with Crippen molar-refractivity contribution >= 4 is 15.8 Å². The van der Waals surface area contributed by atoms with Gasteiger partial charge in [-0.05, 0) is 37.3 Å². The fourth-order valence-electron chi connectivity index (χ4n) is 3.52. The lowest BCUT2D eigenvalue weighted by Crippen LogP contribution is -2.49. The second-order valence-electron chi connectivity index (χ2n) is 7.33. The molecule has 162 valence electrons. The van der Waals surface area contributed by atoms with E-state index in [1.807, 2.05) is 48.2 Å². The minimum Gasteiger partial charge on any atom is -0.495 e. The molecule has 0 radical (unpaired) electrons. The second kappa shape index (κ2) is 8.60. The number of rotatable bonds is 5. The molecule has 0 amide bonds. The Hall–Kier alpha value is -3.04. The van der Waals surface area contributed by atoms with Gasteiger partial charge >= 0.3 is 0 Å². The Labute approximate surface area is 181 Å². The molecule has 0 atom stereocenters. The Morgan fingerprint density at radius 1 is 0.935 bits per heavy atom. The molecule has 9 heteroatoms. The fourth-order valence-corrected chi connectivity index (χ4v) is 5.11. The number of hydrogen-bond donors (Lipinski definition) is 0. The maximum absolute atomic E-state index is 13.7. The van der Waals surface area contributed by atoms with Crippen molar-refractivity contribution in [2.45, 2.75) is 11.8 Å². The van der Waals surface area contributed by atoms with Crippen LogP contribution in [-0.2, 0) is 10.0 Å². The highest BCUT2D eigenvalue weighted by Crippen LogP contribution is 2.28. The van der Waals surface area contributed by atoms with Crippen molar-refractivity contribution in [1.82, 2.24) is 14.5 Å². The summed E-state index contributed by atoms with van der Waals surface area (Å²) in [7, 11) is -2.51. The molecule has 4 rings (SSSR count). The first kappa shape index (κ1) is 21.2. The summed E-state index contributed by atoms with van der Waals surface area (Å²) in [5, 5.41) is 8.64. The van der Waals surface area contributed by atoms with Gasteiger partial charge in [0.15, 0.2) is 5.82 Å². The molecular weight excluding hydrogens is 419 g/mol. The van der Waals surface area contributed by atoms with Crippen molar-refractivity contribution in [2.75, 3.05) is 38.2 Å². The largest absolute Gasteiger partial charge is 0.495 e. The third kappa shape index (κ3) is 4.38. The molecule has 0 bridgehead atoms. The van der Waals surface area contributed by atoms with Crippen LogP contribution in [0, 0.1) is 12.7 Å². The highest BCUT2D eigenvalue weighted by atomic mass is 32.2. The highest BCUT2D eigenvalue weighted by molar-refractivity contribution is 7.89. The van der Waals surface area contributed by atoms with Crippen molar-refractivity contribution in [3.63, 3.8) is 0 Å². The number of aryl methyl sites for hydroxylation is 1. The number of aromatic nitrogens is 2. The summed E-state index contributed by atoms with van der Waals surface area (Å²) in [4.78, 5) is 1.83. The third-order valence-electron chi connectivity index (χ3n) is 5.30. The minimum absolute atomic E-state index is 0.126. The molecule has 0 saturated carbocycles. The number of anilines is 1. The Morgan fingerprint density at radius 3 is 2.26 bits per heavy atom. The van der Waals surface area contributed by atoms with Crippen LogP contribution in [0.25, 0.3) is 11.3 Å². The van der Waals surface area contributed by atoms with E-state index in [0.29, 0.717) is 18.9 Å². The fraction of sp³-hybridized carbons (Fsp3) is 0.273. The van der Waals surface area contributed by atoms with E-state index in [2.05, 4.69) is 10.2 Å². The van der Waals surface area contributed by atoms with Crippen molar-refractivity contribution < 1.29 is 17.5 Å². The van der Waals surface area contributed by atoms with Gasteiger partial charge in [-0.1, -0.05) is 29.8 Å². The number of piperazine rings is 1. The van der Waals surface area contributed by atoms with Gasteiger partial charge in [-0.3, -0.25) is 0 Å². The molecule has 31 heavy (non-hydrogen) atoms. The molecule has 2 aromatic carbocycles. The van der Waals surface area contributed by atoms with Crippen molar-refractivity contribution in [2.24, 2.45) is 0 Å². The van der Waals surface area contributed by atoms with Crippen molar-refractivity contribution in [3.05, 3.63) is 66.0 Å². The van der Waals surface area contributed by atoms with Crippen molar-refractivity contribution in [3.8, 4) is 17.0 Å². The molecule has 1 fully saturated rings. The van der Waals surface area contributed by atoms with Crippen LogP contribution in [0.5, 0.6) is 5.75 Å². The molecule has 3 aromatic rings. The number of ether oxygens (including phenoxy) is 1. The van der Waals surface area contributed by atoms with Gasteiger partial charge < -0.3 is 9.64 Å². The lowest BCUT2D eigenvalue weighted by atomic mass is 10.1. The Morgan fingerprint density at radius 2 is 1.65 bits per heavy atom. The van der Waals surface area contributed by atoms with Crippen LogP contribution in [0.1, 0.15) is 5.56 Å². The predicted octanol–water partition coefficient (Wildman–Crippen LogP) is 3.11. The zero-order valence-corrected chi connectivity index (χ0v) is 18.1. The number of benzene rings is 2. The molecule has 2 heterocycles. The molecule has 0 aliphatic carbocycles. The van der Waals surface area contributed by atoms with E-state index in [0.717, 1.165) is 17.3 Å². The molecule has 0 unspecified atom stereocenters. The maximum atomic E-state index is 13.7. The summed E-state index contributed by atoms with van der Waals surface area (Å²) in [5.41, 5.74) is 2.95. The highest BCUT2D eigenvalue weighted by Gasteiger charge is 2.31. The van der Waals surface area contributed by atoms with E-state index < -0.39 is 15.8 Å². The van der Waals surface area contributed by atoms with Gasteiger partial charge in [0.05, 0.1) is 12.8 Å². The first-order valence-electron chi connectivity index (χ1n) is 9.88. The van der Waals surface area contributed by atoms with Gasteiger partial charge in [0.2, 0.25) is 10.0 Å². The molecule has 1 aliphatic heterocycles. The van der Waals surface area contributed by atoms with Crippen LogP contribution < -0.4 is 9.64 Å². The molecule has 1 aliphatic rings. The van der Waals surface area contributed by atoms with Gasteiger partial charge in [0, 0.05) is 31.7 Å². The van der Waals surface area contributed by atoms with Gasteiger partial charge in [-0.2, -0.15) is 4.31 Å². The smallest absolute Gasteiger partial charge is 0.246 e. The topological polar surface area (TPSA) is 75.6 Å². The van der Waals surface area contributed by atoms with Gasteiger partial charge in [0.25, 0.3) is 0 Å². The van der Waals surface area contributed by atoms with Gasteiger partial charge in [-0.25, -0.2) is 12.8 Å². The van der Waals surface area contributed by atoms with Crippen LogP contribution >= 0.6 is 0 Å². The van der Waals surface area contributed by atoms with Crippen LogP contribution in [-0.4, -0.2) is 56.2 Å². The maximum Gasteiger partial charge on any atom is 0.246 e. The second-order valence-corrected chi connectivity index (χ2v) is 9.24. The molecule has 1 saturated heterocycles. The van der Waals surface area contributed by atoms with Gasteiger partial charge in [-0.15, -0.1) is 10.2 Å². The quantitative estimate of drug-likeness (QED) is 0.604. The zero-order valence-electron chi connectivity index (χ0n) is 17.3. The van der Waals surface area contributed by atoms with Crippen LogP contribution in [0.15, 0.2) is 59.5 Å². The summed E-state index contributed by atoms with van der Waals surface area (Å²) in [6, 6.07) is 15.4. The monoisotopic (exact) mass is 442 g/mol. The molecule has 0 N–H and O–H groups in total. The molecular formula is C22H23FN4O3S. The number of nitrogens with zero attached hydrogens (tertiary/aromatic N) is 4. The Balaban J connectivity index is 1.46. The Bertz CT molecular complexity index is 1160. The van der Waals surface area contributed by atoms with E-state index in [4.69, 9.17) is 4.74 Å². The van der Waals surface area contributed by atoms with Crippen LogP contribution in [0.4, 0.5) is 10.2 Å². The van der Waals surface area contributed by atoms with Crippen LogP contribution in [0.2, 0.25) is 0 Å². The summed E-state index contributed by atoms with van der Waals surface area (Å²) < 4.78 is 46.2. The van der Waals surface area contributed by atoms with Crippen molar-refractivity contribution in [1.29, 1.82) is 0 Å². The van der Waals surface area contributed by atoms with Crippen LogP contribution in [0.3, 0.4) is 0 Å². The summed E-state index contributed by atoms with van der Waals surface area (Å²) in [5.74, 6) is 0.194. The summed E-state index contributed by atoms with van der Waals surface area (Å²) in [6.45, 7) is 3.44. The van der Waals surface area contributed by atoms with Gasteiger partial charge in [0.1, 0.15) is 16.5 Å². The SMILES string of the molecule is COc1ccc(F)cc1S(=O)(=O)N1CCN(c2ccc(-c3ccc(C)cc3)nn2)CC1. The lowest BCUT2D eigenvalue weighted by Gasteiger charge is -2.34. The predicted molar refractivity (Wildman–Crippen MR) is 116 cm³/mol. The molecule has 1 aromatic heterocycles. The van der Waals surface area contributed by atoms with E-state index in [1.54, 1.807) is 0 Å². The average Bonchev–Trinajstić information content (AvgIpc) is 2.80. The molecule has 7 nitrogen and oxygen atoms in total. The molecule has 0 spiro atoms. The lowest BCUT2D eigenvalue weighted by molar-refractivity contribution is 0.372. The number of halogens is 1. The summed E-state index contributed by atoms with van der Waals surface area (Å²) in [6.07, 6.45) is 0.